The molecule has 5 heterocycles. The number of benzene rings is 10. The lowest BCUT2D eigenvalue weighted by molar-refractivity contribution is -0.274. The van der Waals surface area contributed by atoms with Crippen LogP contribution >= 0.6 is 11.6 Å². The number of rotatable bonds is 26. The number of anilines is 10. The third-order valence-electron chi connectivity index (χ3n) is 22.1. The number of nitrogens with zero attached hydrogens (tertiary/aromatic N) is 5. The standard InChI is InChI=1S/C22H15F5N2O3.C22H18F2N2O3.C21H15ClF2N2O2.C19H12F4N2O3.C19H14F2N2O2/c23-17-8-13(12-2-1-3-15(6-12)32-22(25,26)27)9-18(24)19(17)29-20-16(21(30)31)7-14(10-28-20)11-4-5-11;1-29-15-4-2-3-13(7-15)16-9-19(24)20(10-18(16)23)26-21-17(22(27)28)8-14(11-25-21)12-5-6-12;22-16-4-2-1-3-14(16)12-8-17(23)19(18(24)9-12)26-20-15(21(27)28)7-13(10-25-20)11-5-6-11;1-28-10-5-2-4-9(8-10)12-13(20)15(22)17(16(23)14(12)21)25-18-11(19(26)27)6-3-7-24-18;1-11-14(12-6-3-2-4-7-12)10-15(20)17(16(11)21)23-18-13(19(24)25)8-5-9-22-18/h1-3,6-11H,4-5H2,(H,28,29)(H,30,31);2-4,7-12H,5-6H2,1H3,(H,25,26)(H,27,28);1-4,7-11H,5-6H2,(H,25,26)(H,27,28);2-8H,1H3,(H,24,25)(H,26,27);2-10H,1H3,(H,22,23)(H,24,25). The zero-order chi connectivity index (χ0) is 102. The van der Waals surface area contributed by atoms with Gasteiger partial charge in [-0.3, -0.25) is 0 Å². The molecule has 3 aliphatic carbocycles. The first kappa shape index (κ1) is 101. The molecule has 0 radical (unpaired) electrons. The maximum atomic E-state index is 14.7. The number of hydrogen-bond acceptors (Lipinski definition) is 18. The van der Waals surface area contributed by atoms with Gasteiger partial charge in [0.25, 0.3) is 0 Å². The fourth-order valence-electron chi connectivity index (χ4n) is 14.6. The van der Waals surface area contributed by atoms with Gasteiger partial charge in [0.15, 0.2) is 29.1 Å². The maximum Gasteiger partial charge on any atom is 0.573 e. The van der Waals surface area contributed by atoms with Gasteiger partial charge in [0, 0.05) is 53.2 Å². The predicted octanol–water partition coefficient (Wildman–Crippen LogP) is 27.1. The summed E-state index contributed by atoms with van der Waals surface area (Å²) in [6.45, 7) is 1.54. The van der Waals surface area contributed by atoms with Crippen molar-refractivity contribution in [1.82, 2.24) is 24.9 Å². The molecule has 3 aliphatic rings. The van der Waals surface area contributed by atoms with Gasteiger partial charge in [-0.15, -0.1) is 13.2 Å². The van der Waals surface area contributed by atoms with Crippen LogP contribution in [0.1, 0.15) is 130 Å². The van der Waals surface area contributed by atoms with E-state index in [1.807, 2.05) is 11.4 Å². The summed E-state index contributed by atoms with van der Waals surface area (Å²) in [5.41, 5.74) is 0.128. The summed E-state index contributed by atoms with van der Waals surface area (Å²) in [4.78, 5) is 76.9. The Morgan fingerprint density at radius 3 is 1.16 bits per heavy atom. The molecule has 39 heteroatoms. The lowest BCUT2D eigenvalue weighted by atomic mass is 9.99. The van der Waals surface area contributed by atoms with Crippen LogP contribution in [0.15, 0.2) is 243 Å². The number of methoxy groups -OCH3 is 2. The van der Waals surface area contributed by atoms with E-state index >= 15 is 0 Å². The van der Waals surface area contributed by atoms with Crippen LogP contribution in [0.3, 0.4) is 0 Å². The Bertz CT molecular complexity index is 7320. The largest absolute Gasteiger partial charge is 0.573 e. The zero-order valence-electron chi connectivity index (χ0n) is 73.9. The Morgan fingerprint density at radius 2 is 0.711 bits per heavy atom. The fourth-order valence-corrected chi connectivity index (χ4v) is 14.8. The highest BCUT2D eigenvalue weighted by atomic mass is 35.5. The molecule has 0 aliphatic heterocycles. The number of carboxylic acid groups (broad SMARTS) is 5. The monoisotopic (exact) mass is 1980 g/mol. The van der Waals surface area contributed by atoms with E-state index in [-0.39, 0.29) is 96.3 Å². The van der Waals surface area contributed by atoms with E-state index in [2.05, 4.69) is 50.9 Å². The number of pyridine rings is 5. The van der Waals surface area contributed by atoms with E-state index in [9.17, 15) is 105 Å². The van der Waals surface area contributed by atoms with Gasteiger partial charge in [0.2, 0.25) is 0 Å². The van der Waals surface area contributed by atoms with Crippen molar-refractivity contribution in [2.75, 3.05) is 40.8 Å². The molecule has 726 valence electrons. The van der Waals surface area contributed by atoms with Gasteiger partial charge in [-0.1, -0.05) is 96.5 Å². The van der Waals surface area contributed by atoms with Gasteiger partial charge in [-0.25, -0.2) is 102 Å². The second kappa shape index (κ2) is 43.7. The third-order valence-corrected chi connectivity index (χ3v) is 22.5. The summed E-state index contributed by atoms with van der Waals surface area (Å²) in [6.07, 6.45) is 7.98. The molecule has 18 rings (SSSR count). The minimum atomic E-state index is -4.91. The maximum absolute atomic E-state index is 14.7. The smallest absolute Gasteiger partial charge is 0.497 e. The molecule has 0 bridgehead atoms. The van der Waals surface area contributed by atoms with Gasteiger partial charge in [0.05, 0.1) is 25.5 Å². The van der Waals surface area contributed by atoms with Crippen molar-refractivity contribution in [2.24, 2.45) is 0 Å². The molecule has 10 N–H and O–H groups in total. The van der Waals surface area contributed by atoms with Crippen molar-refractivity contribution in [3.05, 3.63) is 368 Å². The molecule has 5 aromatic heterocycles. The minimum Gasteiger partial charge on any atom is -0.497 e. The molecule has 142 heavy (non-hydrogen) atoms. The van der Waals surface area contributed by atoms with Crippen LogP contribution in [0.5, 0.6) is 17.2 Å². The highest BCUT2D eigenvalue weighted by Crippen LogP contribution is 2.46. The molecule has 3 saturated carbocycles. The predicted molar refractivity (Wildman–Crippen MR) is 497 cm³/mol. The molecular formula is C103H74ClF15N10O13. The van der Waals surface area contributed by atoms with Gasteiger partial charge < -0.3 is 66.3 Å². The van der Waals surface area contributed by atoms with E-state index in [1.165, 1.54) is 105 Å². The summed E-state index contributed by atoms with van der Waals surface area (Å²) in [6, 6.07) is 49.3. The first-order valence-corrected chi connectivity index (χ1v) is 42.9. The number of ether oxygens (including phenoxy) is 3. The van der Waals surface area contributed by atoms with E-state index in [1.54, 1.807) is 92.1 Å². The molecule has 23 nitrogen and oxygen atoms in total. The van der Waals surface area contributed by atoms with Crippen molar-refractivity contribution < 1.29 is 130 Å². The quantitative estimate of drug-likeness (QED) is 0.0178. The number of carboxylic acids is 5. The first-order chi connectivity index (χ1) is 67.8. The van der Waals surface area contributed by atoms with Gasteiger partial charge in [0.1, 0.15) is 138 Å². The van der Waals surface area contributed by atoms with Crippen LogP contribution in [0.4, 0.5) is 123 Å². The topological polar surface area (TPSA) is 339 Å². The summed E-state index contributed by atoms with van der Waals surface area (Å²) in [5.74, 6) is -19.9. The highest BCUT2D eigenvalue weighted by molar-refractivity contribution is 6.33. The summed E-state index contributed by atoms with van der Waals surface area (Å²) < 4.78 is 227. The number of aromatic nitrogens is 5. The van der Waals surface area contributed by atoms with Crippen molar-refractivity contribution in [3.8, 4) is 72.9 Å². The van der Waals surface area contributed by atoms with E-state index in [4.69, 9.17) is 31.3 Å². The van der Waals surface area contributed by atoms with Crippen molar-refractivity contribution in [2.45, 2.75) is 69.6 Å². The summed E-state index contributed by atoms with van der Waals surface area (Å²) >= 11 is 6.10. The van der Waals surface area contributed by atoms with Crippen molar-refractivity contribution in [3.63, 3.8) is 0 Å². The Kier molecular flexibility index (Phi) is 31.1. The highest BCUT2D eigenvalue weighted by Gasteiger charge is 2.35. The fraction of sp³-hybridized carbons (Fsp3) is 0.126. The van der Waals surface area contributed by atoms with Crippen LogP contribution in [0.2, 0.25) is 5.02 Å². The Balaban J connectivity index is 0.000000141. The second-order valence-electron chi connectivity index (χ2n) is 31.8. The zero-order valence-corrected chi connectivity index (χ0v) is 74.6. The normalized spacial score (nSPS) is 12.4. The summed E-state index contributed by atoms with van der Waals surface area (Å²) in [7, 11) is 2.82. The minimum absolute atomic E-state index is 0.0330. The van der Waals surface area contributed by atoms with Crippen LogP contribution in [-0.2, 0) is 0 Å². The van der Waals surface area contributed by atoms with E-state index in [0.29, 0.717) is 44.9 Å². The average Bonchev–Trinajstić information content (AvgIpc) is 1.60. The second-order valence-corrected chi connectivity index (χ2v) is 32.2. The van der Waals surface area contributed by atoms with Gasteiger partial charge in [-0.05, 0) is 246 Å². The van der Waals surface area contributed by atoms with Crippen molar-refractivity contribution >= 4 is 99.0 Å². The van der Waals surface area contributed by atoms with Gasteiger partial charge in [-0.2, -0.15) is 0 Å². The molecule has 3 fully saturated rings. The Hall–Kier alpha value is -17.1. The van der Waals surface area contributed by atoms with Crippen molar-refractivity contribution in [1.29, 1.82) is 0 Å². The molecule has 0 spiro atoms. The van der Waals surface area contributed by atoms with E-state index in [0.717, 1.165) is 116 Å². The average molecular weight is 1980 g/mol. The lowest BCUT2D eigenvalue weighted by Gasteiger charge is -2.15. The number of alkyl halides is 3. The van der Waals surface area contributed by atoms with Crippen LogP contribution in [-0.4, -0.2) is 101 Å². The molecule has 10 aromatic carbocycles. The number of carbonyl (C=O) groups is 5. The number of nitrogens with one attached hydrogen (secondary N) is 5. The number of hydrogen-bond donors (Lipinski definition) is 10. The van der Waals surface area contributed by atoms with Crippen LogP contribution < -0.4 is 40.8 Å². The molecule has 15 aromatic rings. The van der Waals surface area contributed by atoms with E-state index < -0.39 is 151 Å². The Morgan fingerprint density at radius 1 is 0.331 bits per heavy atom. The lowest BCUT2D eigenvalue weighted by Crippen LogP contribution is -2.17. The number of halogens is 16. The SMILES string of the molecule is COc1cccc(-c2c(F)c(F)c(Nc3ncccc3C(=O)O)c(F)c2F)c1.COc1cccc(-c2cc(F)c(Nc3ncc(C4CC4)cc3C(=O)O)cc2F)c1.Cc1c(-c2ccccc2)cc(F)c(Nc2ncccc2C(=O)O)c1F.O=C(O)c1cc(C2CC2)cnc1Nc1c(F)cc(-c2cccc(OC(F)(F)F)c2)cc1F.O=C(O)c1cc(C2CC2)cnc1Nc1c(F)cc(-c2ccccc2Cl)cc1F. The first-order valence-electron chi connectivity index (χ1n) is 42.5. The summed E-state index contributed by atoms with van der Waals surface area (Å²) in [5, 5.41) is 59.0. The van der Waals surface area contributed by atoms with Crippen LogP contribution in [0, 0.1) is 76.7 Å². The molecule has 0 atom stereocenters. The molecule has 0 saturated heterocycles. The third kappa shape index (κ3) is 24.2. The Labute approximate surface area is 801 Å². The van der Waals surface area contributed by atoms with Gasteiger partial charge >= 0.3 is 36.2 Å². The number of aromatic carboxylic acids is 5. The molecular weight excluding hydrogens is 1910 g/mol. The molecule has 0 unspecified atom stereocenters. The van der Waals surface area contributed by atoms with Crippen LogP contribution in [0.25, 0.3) is 55.6 Å². The molecule has 0 amide bonds.